The van der Waals surface area contributed by atoms with Gasteiger partial charge in [-0.1, -0.05) is 12.1 Å². The number of carbonyl (C=O) groups is 1. The Bertz CT molecular complexity index is 926. The largest absolute Gasteiger partial charge is 0.324 e. The number of aryl methyl sites for hydroxylation is 1. The van der Waals surface area contributed by atoms with Crippen LogP contribution in [0.2, 0.25) is 0 Å². The molecule has 4 rings (SSSR count). The second-order valence-electron chi connectivity index (χ2n) is 6.42. The molecule has 1 atom stereocenters. The van der Waals surface area contributed by atoms with Crippen LogP contribution in [0.25, 0.3) is 11.4 Å². The van der Waals surface area contributed by atoms with Crippen LogP contribution >= 0.6 is 0 Å². The molecule has 0 saturated heterocycles. The van der Waals surface area contributed by atoms with Crippen LogP contribution in [-0.4, -0.2) is 42.9 Å². The van der Waals surface area contributed by atoms with E-state index in [0.29, 0.717) is 11.7 Å². The normalized spacial score (nSPS) is 15.0. The summed E-state index contributed by atoms with van der Waals surface area (Å²) in [5.74, 6) is 0.570. The monoisotopic (exact) mass is 352 g/mol. The molecule has 1 saturated carbocycles. The number of anilines is 1. The van der Waals surface area contributed by atoms with Crippen molar-refractivity contribution in [3.63, 3.8) is 0 Å². The van der Waals surface area contributed by atoms with E-state index in [4.69, 9.17) is 0 Å². The molecule has 1 unspecified atom stereocenters. The number of tetrazole rings is 1. The third-order valence-corrected chi connectivity index (χ3v) is 4.38. The molecule has 1 aliphatic rings. The minimum absolute atomic E-state index is 0.153. The number of hydrogen-bond donors (Lipinski definition) is 2. The van der Waals surface area contributed by atoms with Gasteiger partial charge in [-0.25, -0.2) is 4.68 Å². The highest BCUT2D eigenvalue weighted by Crippen LogP contribution is 2.36. The van der Waals surface area contributed by atoms with Gasteiger partial charge in [0.15, 0.2) is 5.82 Å². The molecule has 3 aromatic rings. The molecule has 134 valence electrons. The number of amides is 1. The van der Waals surface area contributed by atoms with Crippen molar-refractivity contribution in [2.75, 3.05) is 12.4 Å². The molecule has 2 heterocycles. The Kier molecular flexibility index (Phi) is 4.21. The summed E-state index contributed by atoms with van der Waals surface area (Å²) in [4.78, 5) is 12.7. The fourth-order valence-corrected chi connectivity index (χ4v) is 2.94. The first kappa shape index (κ1) is 16.4. The Morgan fingerprint density at radius 2 is 2.19 bits per heavy atom. The first-order chi connectivity index (χ1) is 12.7. The number of likely N-dealkylation sites (N-methyl/N-ethyl adjacent to an activating group) is 1. The Balaban J connectivity index is 1.55. The molecule has 0 aliphatic heterocycles. The maximum atomic E-state index is 12.7. The van der Waals surface area contributed by atoms with Crippen LogP contribution in [0.15, 0.2) is 36.7 Å². The van der Waals surface area contributed by atoms with Crippen molar-refractivity contribution < 1.29 is 4.79 Å². The Morgan fingerprint density at radius 1 is 1.35 bits per heavy atom. The highest BCUT2D eigenvalue weighted by Gasteiger charge is 2.28. The Hall–Kier alpha value is -3.07. The van der Waals surface area contributed by atoms with Crippen molar-refractivity contribution in [2.24, 2.45) is 7.05 Å². The van der Waals surface area contributed by atoms with Gasteiger partial charge >= 0.3 is 0 Å². The fourth-order valence-electron chi connectivity index (χ4n) is 2.94. The summed E-state index contributed by atoms with van der Waals surface area (Å²) in [5, 5.41) is 22.1. The third-order valence-electron chi connectivity index (χ3n) is 4.38. The van der Waals surface area contributed by atoms with E-state index in [2.05, 4.69) is 31.3 Å². The number of carbonyl (C=O) groups excluding carboxylic acids is 1. The Labute approximate surface area is 150 Å². The molecule has 1 amide bonds. The van der Waals surface area contributed by atoms with E-state index in [1.54, 1.807) is 17.9 Å². The van der Waals surface area contributed by atoms with Crippen molar-refractivity contribution in [1.29, 1.82) is 0 Å². The molecule has 1 fully saturated rings. The molecule has 1 aliphatic carbocycles. The average molecular weight is 352 g/mol. The van der Waals surface area contributed by atoms with Gasteiger partial charge < -0.3 is 10.6 Å². The second-order valence-corrected chi connectivity index (χ2v) is 6.42. The van der Waals surface area contributed by atoms with Crippen LogP contribution in [0.5, 0.6) is 0 Å². The van der Waals surface area contributed by atoms with Crippen molar-refractivity contribution >= 4 is 11.6 Å². The van der Waals surface area contributed by atoms with Crippen molar-refractivity contribution in [1.82, 2.24) is 35.3 Å². The van der Waals surface area contributed by atoms with Crippen molar-refractivity contribution in [3.8, 4) is 11.4 Å². The minimum Gasteiger partial charge on any atom is -0.324 e. The maximum Gasteiger partial charge on any atom is 0.246 e. The quantitative estimate of drug-likeness (QED) is 0.693. The zero-order chi connectivity index (χ0) is 18.1. The topological polar surface area (TPSA) is 103 Å². The molecular weight excluding hydrogens is 332 g/mol. The molecular formula is C17H20N8O. The lowest BCUT2D eigenvalue weighted by Crippen LogP contribution is -2.30. The molecule has 0 spiro atoms. The van der Waals surface area contributed by atoms with Crippen LogP contribution in [0, 0.1) is 0 Å². The maximum absolute atomic E-state index is 12.7. The molecule has 26 heavy (non-hydrogen) atoms. The summed E-state index contributed by atoms with van der Waals surface area (Å²) in [6.07, 6.45) is 5.70. The SMILES string of the molecule is CNC(C(=O)Nc1cccc(-c2nnnn2C2CC2)c1)c1cnn(C)c1. The fraction of sp³-hybridized carbons (Fsp3) is 0.353. The third kappa shape index (κ3) is 3.21. The number of nitrogens with zero attached hydrogens (tertiary/aromatic N) is 6. The van der Waals surface area contributed by atoms with E-state index >= 15 is 0 Å². The summed E-state index contributed by atoms with van der Waals surface area (Å²) < 4.78 is 3.53. The van der Waals surface area contributed by atoms with Gasteiger partial charge in [-0.2, -0.15) is 5.10 Å². The van der Waals surface area contributed by atoms with Crippen molar-refractivity contribution in [3.05, 3.63) is 42.2 Å². The highest BCUT2D eigenvalue weighted by atomic mass is 16.2. The lowest BCUT2D eigenvalue weighted by atomic mass is 10.1. The van der Waals surface area contributed by atoms with Crippen LogP contribution in [0.3, 0.4) is 0 Å². The van der Waals surface area contributed by atoms with Gasteiger partial charge in [0, 0.05) is 30.1 Å². The average Bonchev–Trinajstić information content (AvgIpc) is 3.20. The summed E-state index contributed by atoms with van der Waals surface area (Å²) in [6, 6.07) is 7.47. The van der Waals surface area contributed by atoms with Crippen LogP contribution in [0.1, 0.15) is 30.5 Å². The number of rotatable bonds is 6. The van der Waals surface area contributed by atoms with Crippen LogP contribution in [-0.2, 0) is 11.8 Å². The van der Waals surface area contributed by atoms with Gasteiger partial charge in [0.05, 0.1) is 12.2 Å². The standard InChI is InChI=1S/C17H20N8O/c1-18-15(12-9-19-24(2)10-12)17(26)20-13-5-3-4-11(8-13)16-21-22-23-25(16)14-6-7-14/h3-5,8-10,14-15,18H,6-7H2,1-2H3,(H,20,26). The van der Waals surface area contributed by atoms with Crippen molar-refractivity contribution in [2.45, 2.75) is 24.9 Å². The number of aromatic nitrogens is 6. The van der Waals surface area contributed by atoms with Gasteiger partial charge in [-0.15, -0.1) is 5.10 Å². The highest BCUT2D eigenvalue weighted by molar-refractivity contribution is 5.95. The van der Waals surface area contributed by atoms with E-state index in [1.807, 2.05) is 42.2 Å². The van der Waals surface area contributed by atoms with Gasteiger partial charge in [0.2, 0.25) is 5.91 Å². The van der Waals surface area contributed by atoms with E-state index < -0.39 is 6.04 Å². The van der Waals surface area contributed by atoms with Gasteiger partial charge in [0.25, 0.3) is 0 Å². The molecule has 2 N–H and O–H groups in total. The van der Waals surface area contributed by atoms with E-state index in [9.17, 15) is 4.79 Å². The lowest BCUT2D eigenvalue weighted by molar-refractivity contribution is -0.118. The number of benzene rings is 1. The summed E-state index contributed by atoms with van der Waals surface area (Å²) in [6.45, 7) is 0. The summed E-state index contributed by atoms with van der Waals surface area (Å²) >= 11 is 0. The van der Waals surface area contributed by atoms with Crippen LogP contribution < -0.4 is 10.6 Å². The number of hydrogen-bond acceptors (Lipinski definition) is 6. The summed E-state index contributed by atoms with van der Waals surface area (Å²) in [5.41, 5.74) is 2.38. The molecule has 0 radical (unpaired) electrons. The van der Waals surface area contributed by atoms with E-state index in [-0.39, 0.29) is 5.91 Å². The predicted octanol–water partition coefficient (Wildman–Crippen LogP) is 1.31. The minimum atomic E-state index is -0.482. The zero-order valence-corrected chi connectivity index (χ0v) is 14.6. The van der Waals surface area contributed by atoms with E-state index in [1.165, 1.54) is 0 Å². The van der Waals surface area contributed by atoms with Gasteiger partial charge in [0.1, 0.15) is 6.04 Å². The van der Waals surface area contributed by atoms with Gasteiger partial charge in [-0.05, 0) is 42.4 Å². The van der Waals surface area contributed by atoms with Crippen LogP contribution in [0.4, 0.5) is 5.69 Å². The first-order valence-electron chi connectivity index (χ1n) is 8.50. The molecule has 1 aromatic carbocycles. The van der Waals surface area contributed by atoms with Gasteiger partial charge in [-0.3, -0.25) is 9.48 Å². The second kappa shape index (κ2) is 6.68. The molecule has 9 nitrogen and oxygen atoms in total. The van der Waals surface area contributed by atoms with E-state index in [0.717, 1.165) is 29.8 Å². The summed E-state index contributed by atoms with van der Waals surface area (Å²) in [7, 11) is 3.57. The molecule has 9 heteroatoms. The lowest BCUT2D eigenvalue weighted by Gasteiger charge is -2.15. The molecule has 0 bridgehead atoms. The number of nitrogens with one attached hydrogen (secondary N) is 2. The smallest absolute Gasteiger partial charge is 0.246 e. The Morgan fingerprint density at radius 3 is 2.88 bits per heavy atom. The molecule has 2 aromatic heterocycles. The predicted molar refractivity (Wildman–Crippen MR) is 95.2 cm³/mol. The zero-order valence-electron chi connectivity index (χ0n) is 14.6. The first-order valence-corrected chi connectivity index (χ1v) is 8.50.